The van der Waals surface area contributed by atoms with Gasteiger partial charge in [0.2, 0.25) is 0 Å². The molecule has 0 aromatic heterocycles. The first-order valence-corrected chi connectivity index (χ1v) is 7.88. The summed E-state index contributed by atoms with van der Waals surface area (Å²) in [5.41, 5.74) is 1.41. The fourth-order valence-corrected chi connectivity index (χ4v) is 3.63. The minimum absolute atomic E-state index is 0.966. The Morgan fingerprint density at radius 2 is 1.79 bits per heavy atom. The van der Waals surface area contributed by atoms with Gasteiger partial charge in [-0.05, 0) is 17.0 Å². The van der Waals surface area contributed by atoms with Crippen molar-refractivity contribution in [3.63, 3.8) is 0 Å². The van der Waals surface area contributed by atoms with Crippen LogP contribution in [0, 0.1) is 0 Å². The third-order valence-electron chi connectivity index (χ3n) is 3.69. The van der Waals surface area contributed by atoms with Crippen molar-refractivity contribution in [3.05, 3.63) is 42.0 Å². The number of hydrogen-bond acceptors (Lipinski definition) is 3. The Balaban J connectivity index is 1.94. The largest absolute Gasteiger partial charge is 0.496 e. The molecule has 2 aromatic rings. The predicted octanol–water partition coefficient (Wildman–Crippen LogP) is 3.40. The van der Waals surface area contributed by atoms with Gasteiger partial charge in [-0.25, -0.2) is 0 Å². The van der Waals surface area contributed by atoms with Crippen LogP contribution < -0.4 is 4.74 Å². The molecule has 0 saturated carbocycles. The molecule has 100 valence electrons. The van der Waals surface area contributed by atoms with Gasteiger partial charge >= 0.3 is 0 Å². The summed E-state index contributed by atoms with van der Waals surface area (Å²) < 4.78 is 5.46. The van der Waals surface area contributed by atoms with Gasteiger partial charge in [0.15, 0.2) is 0 Å². The summed E-state index contributed by atoms with van der Waals surface area (Å²) >= 11 is 2.06. The van der Waals surface area contributed by atoms with Crippen LogP contribution in [0.5, 0.6) is 5.75 Å². The van der Waals surface area contributed by atoms with Gasteiger partial charge in [-0.1, -0.05) is 30.3 Å². The number of thioether (sulfide) groups is 1. The van der Waals surface area contributed by atoms with E-state index in [2.05, 4.69) is 53.1 Å². The average Bonchev–Trinajstić information content (AvgIpc) is 2.49. The maximum absolute atomic E-state index is 5.46. The van der Waals surface area contributed by atoms with Crippen molar-refractivity contribution in [1.82, 2.24) is 4.90 Å². The summed E-state index contributed by atoms with van der Waals surface area (Å²) in [6.07, 6.45) is 0. The second kappa shape index (κ2) is 5.85. The van der Waals surface area contributed by atoms with E-state index in [1.54, 1.807) is 7.11 Å². The van der Waals surface area contributed by atoms with Gasteiger partial charge in [-0.2, -0.15) is 11.8 Å². The van der Waals surface area contributed by atoms with Crippen molar-refractivity contribution in [2.45, 2.75) is 6.54 Å². The standard InChI is InChI=1S/C16H19NOS/c1-18-16-7-6-13(12-17-8-10-19-11-9-17)14-4-2-3-5-15(14)16/h2-7H,8-12H2,1H3. The molecule has 19 heavy (non-hydrogen) atoms. The summed E-state index contributed by atoms with van der Waals surface area (Å²) in [4.78, 5) is 2.55. The maximum Gasteiger partial charge on any atom is 0.126 e. The molecule has 3 heteroatoms. The normalized spacial score (nSPS) is 16.7. The molecule has 1 aliphatic rings. The van der Waals surface area contributed by atoms with Gasteiger partial charge in [0, 0.05) is 36.5 Å². The molecule has 0 spiro atoms. The predicted molar refractivity (Wildman–Crippen MR) is 83.1 cm³/mol. The van der Waals surface area contributed by atoms with Crippen LogP contribution in [0.25, 0.3) is 10.8 Å². The average molecular weight is 273 g/mol. The minimum Gasteiger partial charge on any atom is -0.496 e. The van der Waals surface area contributed by atoms with E-state index >= 15 is 0 Å². The lowest BCUT2D eigenvalue weighted by atomic mass is 10.0. The molecule has 0 radical (unpaired) electrons. The van der Waals surface area contributed by atoms with Gasteiger partial charge < -0.3 is 4.74 Å². The zero-order valence-corrected chi connectivity index (χ0v) is 12.1. The van der Waals surface area contributed by atoms with E-state index in [4.69, 9.17) is 4.74 Å². The van der Waals surface area contributed by atoms with E-state index in [-0.39, 0.29) is 0 Å². The van der Waals surface area contributed by atoms with Crippen LogP contribution in [0.1, 0.15) is 5.56 Å². The third kappa shape index (κ3) is 2.72. The Labute approximate surface area is 118 Å². The van der Waals surface area contributed by atoms with E-state index in [1.165, 1.54) is 40.9 Å². The smallest absolute Gasteiger partial charge is 0.126 e. The van der Waals surface area contributed by atoms with Crippen LogP contribution in [-0.2, 0) is 6.54 Å². The molecule has 2 aromatic carbocycles. The number of methoxy groups -OCH3 is 1. The van der Waals surface area contributed by atoms with Crippen LogP contribution in [0.3, 0.4) is 0 Å². The Bertz CT molecular complexity index is 564. The first kappa shape index (κ1) is 12.8. The first-order chi connectivity index (χ1) is 9.38. The van der Waals surface area contributed by atoms with Crippen molar-refractivity contribution in [2.75, 3.05) is 31.7 Å². The van der Waals surface area contributed by atoms with Crippen molar-refractivity contribution in [2.24, 2.45) is 0 Å². The summed E-state index contributed by atoms with van der Waals surface area (Å²) in [5, 5.41) is 2.54. The second-order valence-electron chi connectivity index (χ2n) is 4.86. The Hall–Kier alpha value is -1.19. The van der Waals surface area contributed by atoms with Gasteiger partial charge in [0.25, 0.3) is 0 Å². The van der Waals surface area contributed by atoms with Gasteiger partial charge in [0.05, 0.1) is 7.11 Å². The number of hydrogen-bond donors (Lipinski definition) is 0. The molecule has 1 saturated heterocycles. The van der Waals surface area contributed by atoms with Crippen molar-refractivity contribution in [3.8, 4) is 5.75 Å². The molecule has 1 fully saturated rings. The lowest BCUT2D eigenvalue weighted by Crippen LogP contribution is -2.32. The summed E-state index contributed by atoms with van der Waals surface area (Å²) in [6, 6.07) is 12.8. The van der Waals surface area contributed by atoms with E-state index in [1.807, 2.05) is 0 Å². The van der Waals surface area contributed by atoms with E-state index in [0.29, 0.717) is 0 Å². The summed E-state index contributed by atoms with van der Waals surface area (Å²) in [5.74, 6) is 3.48. The fourth-order valence-electron chi connectivity index (χ4n) is 2.65. The Morgan fingerprint density at radius 1 is 1.05 bits per heavy atom. The van der Waals surface area contributed by atoms with Crippen molar-refractivity contribution in [1.29, 1.82) is 0 Å². The lowest BCUT2D eigenvalue weighted by molar-refractivity contribution is 0.295. The van der Waals surface area contributed by atoms with Gasteiger partial charge in [-0.15, -0.1) is 0 Å². The molecule has 0 amide bonds. The molecular formula is C16H19NOS. The zero-order valence-electron chi connectivity index (χ0n) is 11.3. The van der Waals surface area contributed by atoms with Crippen LogP contribution in [0.15, 0.2) is 36.4 Å². The Kier molecular flexibility index (Phi) is 3.95. The summed E-state index contributed by atoms with van der Waals surface area (Å²) in [7, 11) is 1.74. The van der Waals surface area contributed by atoms with Crippen LogP contribution in [0.4, 0.5) is 0 Å². The topological polar surface area (TPSA) is 12.5 Å². The number of fused-ring (bicyclic) bond motifs is 1. The third-order valence-corrected chi connectivity index (χ3v) is 4.63. The monoisotopic (exact) mass is 273 g/mol. The molecule has 0 atom stereocenters. The van der Waals surface area contributed by atoms with E-state index < -0.39 is 0 Å². The van der Waals surface area contributed by atoms with Gasteiger partial charge in [-0.3, -0.25) is 4.90 Å². The zero-order chi connectivity index (χ0) is 13.1. The Morgan fingerprint density at radius 3 is 2.53 bits per heavy atom. The maximum atomic E-state index is 5.46. The molecule has 0 N–H and O–H groups in total. The van der Waals surface area contributed by atoms with Crippen molar-refractivity contribution < 1.29 is 4.74 Å². The fraction of sp³-hybridized carbons (Fsp3) is 0.375. The van der Waals surface area contributed by atoms with E-state index in [0.717, 1.165) is 12.3 Å². The van der Waals surface area contributed by atoms with Crippen LogP contribution in [0.2, 0.25) is 0 Å². The molecular weight excluding hydrogens is 254 g/mol. The number of rotatable bonds is 3. The first-order valence-electron chi connectivity index (χ1n) is 6.73. The molecule has 0 bridgehead atoms. The second-order valence-corrected chi connectivity index (χ2v) is 6.09. The number of benzene rings is 2. The highest BCUT2D eigenvalue weighted by atomic mass is 32.2. The van der Waals surface area contributed by atoms with Gasteiger partial charge in [0.1, 0.15) is 5.75 Å². The highest BCUT2D eigenvalue weighted by Gasteiger charge is 2.13. The molecule has 0 unspecified atom stereocenters. The number of ether oxygens (including phenoxy) is 1. The van der Waals surface area contributed by atoms with Crippen molar-refractivity contribution >= 4 is 22.5 Å². The highest BCUT2D eigenvalue weighted by Crippen LogP contribution is 2.29. The molecule has 1 heterocycles. The summed E-state index contributed by atoms with van der Waals surface area (Å²) in [6.45, 7) is 3.45. The lowest BCUT2D eigenvalue weighted by Gasteiger charge is -2.26. The molecule has 2 nitrogen and oxygen atoms in total. The minimum atomic E-state index is 0.966. The number of nitrogens with zero attached hydrogens (tertiary/aromatic N) is 1. The quantitative estimate of drug-likeness (QED) is 0.850. The molecule has 0 aliphatic carbocycles. The SMILES string of the molecule is COc1ccc(CN2CCSCC2)c2ccccc12. The van der Waals surface area contributed by atoms with Crippen LogP contribution in [-0.4, -0.2) is 36.6 Å². The molecule has 1 aliphatic heterocycles. The van der Waals surface area contributed by atoms with Crippen LogP contribution >= 0.6 is 11.8 Å². The molecule has 3 rings (SSSR count). The highest BCUT2D eigenvalue weighted by molar-refractivity contribution is 7.99. The van der Waals surface area contributed by atoms with E-state index in [9.17, 15) is 0 Å².